The SMILES string of the molecule is O=P(O)(O)OC[C@@H]1CC[C@H](Nc2ncnc3ccnn23)C1. The molecule has 2 heterocycles. The van der Waals surface area contributed by atoms with Crippen LogP contribution in [0.2, 0.25) is 0 Å². The number of hydrogen-bond acceptors (Lipinski definition) is 6. The first-order valence-electron chi connectivity index (χ1n) is 6.62. The summed E-state index contributed by atoms with van der Waals surface area (Å²) in [6.07, 6.45) is 5.64. The summed E-state index contributed by atoms with van der Waals surface area (Å²) in [5.74, 6) is 0.747. The molecule has 114 valence electrons. The van der Waals surface area contributed by atoms with Crippen LogP contribution in [0.4, 0.5) is 5.95 Å². The van der Waals surface area contributed by atoms with Crippen LogP contribution >= 0.6 is 7.82 Å². The lowest BCUT2D eigenvalue weighted by atomic mass is 10.1. The number of aromatic nitrogens is 4. The molecule has 0 saturated heterocycles. The quantitative estimate of drug-likeness (QED) is 0.693. The van der Waals surface area contributed by atoms with E-state index in [4.69, 9.17) is 9.79 Å². The van der Waals surface area contributed by atoms with Crippen LogP contribution in [0.15, 0.2) is 18.6 Å². The van der Waals surface area contributed by atoms with Gasteiger partial charge < -0.3 is 15.1 Å². The summed E-state index contributed by atoms with van der Waals surface area (Å²) in [7, 11) is -4.38. The van der Waals surface area contributed by atoms with Crippen molar-refractivity contribution in [2.24, 2.45) is 5.92 Å². The fraction of sp³-hybridized carbons (Fsp3) is 0.545. The average Bonchev–Trinajstić information content (AvgIpc) is 3.04. The van der Waals surface area contributed by atoms with E-state index in [9.17, 15) is 4.57 Å². The van der Waals surface area contributed by atoms with Crippen molar-refractivity contribution in [2.45, 2.75) is 25.3 Å². The molecule has 21 heavy (non-hydrogen) atoms. The Morgan fingerprint density at radius 1 is 1.43 bits per heavy atom. The van der Waals surface area contributed by atoms with Gasteiger partial charge in [-0.2, -0.15) is 9.61 Å². The van der Waals surface area contributed by atoms with Gasteiger partial charge in [-0.25, -0.2) is 14.5 Å². The van der Waals surface area contributed by atoms with E-state index in [1.54, 1.807) is 16.8 Å². The number of hydrogen-bond donors (Lipinski definition) is 3. The number of nitrogens with one attached hydrogen (secondary N) is 1. The number of fused-ring (bicyclic) bond motifs is 1. The lowest BCUT2D eigenvalue weighted by Crippen LogP contribution is -2.20. The standard InChI is InChI=1S/C11H16N5O4P/c17-21(18,19)20-6-8-1-2-9(5-8)15-11-13-7-12-10-3-4-14-16(10)11/h3-4,7-9H,1-2,5-6H2,(H,12,13,15)(H2,17,18,19)/t8-,9+/m1/s1. The molecule has 1 fully saturated rings. The Morgan fingerprint density at radius 3 is 3.10 bits per heavy atom. The van der Waals surface area contributed by atoms with E-state index in [1.165, 1.54) is 6.33 Å². The smallest absolute Gasteiger partial charge is 0.351 e. The predicted octanol–water partition coefficient (Wildman–Crippen LogP) is 0.814. The van der Waals surface area contributed by atoms with E-state index in [0.717, 1.165) is 19.3 Å². The molecule has 0 aliphatic heterocycles. The van der Waals surface area contributed by atoms with E-state index in [2.05, 4.69) is 24.9 Å². The Hall–Kier alpha value is -1.54. The van der Waals surface area contributed by atoms with Crippen LogP contribution in [0.3, 0.4) is 0 Å². The van der Waals surface area contributed by atoms with Gasteiger partial charge in [0.15, 0.2) is 5.65 Å². The minimum atomic E-state index is -4.38. The topological polar surface area (TPSA) is 122 Å². The number of phosphoric acid groups is 1. The van der Waals surface area contributed by atoms with E-state index in [0.29, 0.717) is 11.6 Å². The minimum Gasteiger partial charge on any atom is -0.351 e. The summed E-state index contributed by atoms with van der Waals surface area (Å²) < 4.78 is 16.9. The Balaban J connectivity index is 1.60. The molecule has 3 N–H and O–H groups in total. The van der Waals surface area contributed by atoms with Gasteiger partial charge in [-0.05, 0) is 25.2 Å². The number of rotatable bonds is 5. The molecular formula is C11H16N5O4P. The summed E-state index contributed by atoms with van der Waals surface area (Å²) in [4.78, 5) is 25.7. The van der Waals surface area contributed by atoms with Crippen LogP contribution in [-0.2, 0) is 9.09 Å². The van der Waals surface area contributed by atoms with Gasteiger partial charge in [0.1, 0.15) is 6.33 Å². The molecule has 10 heteroatoms. The van der Waals surface area contributed by atoms with Crippen molar-refractivity contribution in [3.05, 3.63) is 18.6 Å². The highest BCUT2D eigenvalue weighted by Crippen LogP contribution is 2.38. The molecule has 2 atom stereocenters. The van der Waals surface area contributed by atoms with E-state index >= 15 is 0 Å². The van der Waals surface area contributed by atoms with Gasteiger partial charge >= 0.3 is 7.82 Å². The van der Waals surface area contributed by atoms with Crippen LogP contribution in [0, 0.1) is 5.92 Å². The normalized spacial score (nSPS) is 22.8. The third kappa shape index (κ3) is 3.56. The molecule has 0 unspecified atom stereocenters. The summed E-state index contributed by atoms with van der Waals surface area (Å²) >= 11 is 0. The van der Waals surface area contributed by atoms with Crippen LogP contribution in [0.1, 0.15) is 19.3 Å². The zero-order valence-electron chi connectivity index (χ0n) is 11.2. The van der Waals surface area contributed by atoms with Crippen molar-refractivity contribution in [3.8, 4) is 0 Å². The monoisotopic (exact) mass is 313 g/mol. The highest BCUT2D eigenvalue weighted by Gasteiger charge is 2.28. The third-order valence-electron chi connectivity index (χ3n) is 3.55. The maximum Gasteiger partial charge on any atom is 0.469 e. The molecule has 0 spiro atoms. The molecule has 0 aromatic carbocycles. The lowest BCUT2D eigenvalue weighted by molar-refractivity contribution is 0.169. The Labute approximate surface area is 120 Å². The maximum absolute atomic E-state index is 10.7. The van der Waals surface area contributed by atoms with Gasteiger partial charge in [0.05, 0.1) is 12.8 Å². The molecule has 9 nitrogen and oxygen atoms in total. The molecule has 0 amide bonds. The van der Waals surface area contributed by atoms with E-state index < -0.39 is 7.82 Å². The van der Waals surface area contributed by atoms with E-state index in [-0.39, 0.29) is 18.6 Å². The highest BCUT2D eigenvalue weighted by atomic mass is 31.2. The van der Waals surface area contributed by atoms with Crippen molar-refractivity contribution in [1.29, 1.82) is 0 Å². The van der Waals surface area contributed by atoms with Crippen LogP contribution in [0.5, 0.6) is 0 Å². The van der Waals surface area contributed by atoms with Gasteiger partial charge in [0.25, 0.3) is 0 Å². The van der Waals surface area contributed by atoms with Gasteiger partial charge in [-0.15, -0.1) is 0 Å². The Morgan fingerprint density at radius 2 is 2.29 bits per heavy atom. The first-order chi connectivity index (χ1) is 10.0. The zero-order chi connectivity index (χ0) is 14.9. The second-order valence-corrected chi connectivity index (χ2v) is 6.34. The second-order valence-electron chi connectivity index (χ2n) is 5.11. The maximum atomic E-state index is 10.7. The number of nitrogens with zero attached hydrogens (tertiary/aromatic N) is 4. The Kier molecular flexibility index (Phi) is 3.90. The van der Waals surface area contributed by atoms with Crippen molar-refractivity contribution >= 4 is 19.4 Å². The number of anilines is 1. The third-order valence-corrected chi connectivity index (χ3v) is 4.03. The summed E-state index contributed by atoms with van der Waals surface area (Å²) in [6, 6.07) is 1.97. The van der Waals surface area contributed by atoms with Crippen LogP contribution in [-0.4, -0.2) is 42.0 Å². The lowest BCUT2D eigenvalue weighted by Gasteiger charge is -2.14. The first-order valence-corrected chi connectivity index (χ1v) is 8.16. The van der Waals surface area contributed by atoms with Crippen molar-refractivity contribution in [3.63, 3.8) is 0 Å². The van der Waals surface area contributed by atoms with Gasteiger partial charge in [0, 0.05) is 12.1 Å². The van der Waals surface area contributed by atoms with Crippen molar-refractivity contribution in [1.82, 2.24) is 19.6 Å². The van der Waals surface area contributed by atoms with Gasteiger partial charge in [-0.3, -0.25) is 4.52 Å². The fourth-order valence-corrected chi connectivity index (χ4v) is 3.00. The first kappa shape index (κ1) is 14.4. The molecule has 2 aromatic rings. The van der Waals surface area contributed by atoms with Gasteiger partial charge in [-0.1, -0.05) is 0 Å². The molecule has 1 aliphatic rings. The van der Waals surface area contributed by atoms with Crippen molar-refractivity contribution < 1.29 is 18.9 Å². The zero-order valence-corrected chi connectivity index (χ0v) is 12.1. The Bertz CT molecular complexity index is 671. The van der Waals surface area contributed by atoms with Crippen LogP contribution in [0.25, 0.3) is 5.65 Å². The molecule has 3 rings (SSSR count). The largest absolute Gasteiger partial charge is 0.469 e. The second kappa shape index (κ2) is 5.69. The summed E-state index contributed by atoms with van der Waals surface area (Å²) in [5, 5.41) is 7.45. The molecular weight excluding hydrogens is 297 g/mol. The molecule has 0 radical (unpaired) electrons. The summed E-state index contributed by atoms with van der Waals surface area (Å²) in [6.45, 7) is 0.0728. The summed E-state index contributed by atoms with van der Waals surface area (Å²) in [5.41, 5.74) is 0.715. The molecule has 1 aliphatic carbocycles. The predicted molar refractivity (Wildman–Crippen MR) is 73.5 cm³/mol. The van der Waals surface area contributed by atoms with Crippen molar-refractivity contribution in [2.75, 3.05) is 11.9 Å². The molecule has 2 aromatic heterocycles. The molecule has 1 saturated carbocycles. The highest BCUT2D eigenvalue weighted by molar-refractivity contribution is 7.46. The minimum absolute atomic E-state index is 0.0728. The van der Waals surface area contributed by atoms with Gasteiger partial charge in [0.2, 0.25) is 5.95 Å². The van der Waals surface area contributed by atoms with E-state index in [1.807, 2.05) is 0 Å². The van der Waals surface area contributed by atoms with Crippen LogP contribution < -0.4 is 5.32 Å². The number of phosphoric ester groups is 1. The average molecular weight is 313 g/mol. The fourth-order valence-electron chi connectivity index (χ4n) is 2.60. The molecule has 0 bridgehead atoms.